The molecular weight excluding hydrogens is 154 g/mol. The van der Waals surface area contributed by atoms with Crippen molar-refractivity contribution in [2.75, 3.05) is 0 Å². The smallest absolute Gasteiger partial charge is 0.402 e. The van der Waals surface area contributed by atoms with Crippen molar-refractivity contribution in [3.8, 4) is 0 Å². The average Bonchev–Trinajstić information content (AvgIpc) is 1.56. The van der Waals surface area contributed by atoms with Gasteiger partial charge in [0.15, 0.2) is 0 Å². The van der Waals surface area contributed by atoms with Gasteiger partial charge in [0.05, 0.1) is 0 Å². The molecule has 8 heteroatoms. The van der Waals surface area contributed by atoms with Crippen LogP contribution in [-0.4, -0.2) is 45.9 Å². The first-order chi connectivity index (χ1) is 4.86. The maximum atomic E-state index is 8.06. The Kier molecular flexibility index (Phi) is 9.79. The van der Waals surface area contributed by atoms with Crippen LogP contribution in [0, 0.1) is 0 Å². The standard InChI is InChI=1S/C3H9BO3.BH3O3/c1-3(2)7-4(5)6;2-1(3)4/h3,5-6H,1-2H3;2-4H. The van der Waals surface area contributed by atoms with Crippen LogP contribution in [0.1, 0.15) is 13.8 Å². The zero-order valence-electron chi connectivity index (χ0n) is 6.38. The van der Waals surface area contributed by atoms with Crippen LogP contribution in [0.15, 0.2) is 0 Å². The molecule has 0 fully saturated rings. The first-order valence-corrected chi connectivity index (χ1v) is 2.92. The van der Waals surface area contributed by atoms with E-state index in [1.54, 1.807) is 13.8 Å². The summed E-state index contributed by atoms with van der Waals surface area (Å²) in [5, 5.41) is 37.6. The minimum Gasteiger partial charge on any atom is -0.402 e. The van der Waals surface area contributed by atoms with Gasteiger partial charge in [-0.2, -0.15) is 0 Å². The lowest BCUT2D eigenvalue weighted by atomic mass is 10.2. The van der Waals surface area contributed by atoms with E-state index >= 15 is 0 Å². The molecule has 0 aromatic heterocycles. The van der Waals surface area contributed by atoms with Gasteiger partial charge in [-0.25, -0.2) is 0 Å². The Hall–Kier alpha value is -0.110. The van der Waals surface area contributed by atoms with Crippen LogP contribution in [-0.2, 0) is 4.65 Å². The maximum absolute atomic E-state index is 8.06. The van der Waals surface area contributed by atoms with Crippen molar-refractivity contribution in [1.29, 1.82) is 0 Å². The molecule has 0 spiro atoms. The van der Waals surface area contributed by atoms with E-state index in [1.807, 2.05) is 0 Å². The minimum atomic E-state index is -2.17. The molecule has 0 saturated heterocycles. The maximum Gasteiger partial charge on any atom is 0.634 e. The van der Waals surface area contributed by atoms with E-state index in [1.165, 1.54) is 0 Å². The van der Waals surface area contributed by atoms with Gasteiger partial charge in [-0.05, 0) is 13.8 Å². The van der Waals surface area contributed by atoms with Gasteiger partial charge in [0.25, 0.3) is 0 Å². The summed E-state index contributed by atoms with van der Waals surface area (Å²) in [6.07, 6.45) is -0.125. The van der Waals surface area contributed by atoms with E-state index in [0.29, 0.717) is 0 Å². The van der Waals surface area contributed by atoms with Gasteiger partial charge in [-0.3, -0.25) is 0 Å². The zero-order chi connectivity index (χ0) is 9.44. The topological polar surface area (TPSA) is 110 Å². The molecule has 0 aliphatic heterocycles. The van der Waals surface area contributed by atoms with Crippen LogP contribution < -0.4 is 0 Å². The van der Waals surface area contributed by atoms with Crippen molar-refractivity contribution in [2.24, 2.45) is 0 Å². The lowest BCUT2D eigenvalue weighted by Gasteiger charge is -2.03. The van der Waals surface area contributed by atoms with E-state index in [4.69, 9.17) is 25.1 Å². The Labute approximate surface area is 65.4 Å². The molecule has 0 bridgehead atoms. The van der Waals surface area contributed by atoms with Crippen molar-refractivity contribution in [2.45, 2.75) is 20.0 Å². The summed E-state index contributed by atoms with van der Waals surface area (Å²) < 4.78 is 4.36. The van der Waals surface area contributed by atoms with Crippen LogP contribution >= 0.6 is 0 Å². The van der Waals surface area contributed by atoms with Crippen molar-refractivity contribution in [3.05, 3.63) is 0 Å². The number of hydrogen-bond donors (Lipinski definition) is 5. The molecule has 11 heavy (non-hydrogen) atoms. The summed E-state index contributed by atoms with van der Waals surface area (Å²) in [4.78, 5) is 0. The second-order valence-electron chi connectivity index (χ2n) is 1.86. The van der Waals surface area contributed by atoms with Crippen molar-refractivity contribution < 1.29 is 29.8 Å². The summed E-state index contributed by atoms with van der Waals surface area (Å²) in [6.45, 7) is 3.44. The highest BCUT2D eigenvalue weighted by Gasteiger charge is 2.08. The third-order valence-electron chi connectivity index (χ3n) is 0.394. The monoisotopic (exact) mass is 166 g/mol. The van der Waals surface area contributed by atoms with Crippen LogP contribution in [0.2, 0.25) is 0 Å². The minimum absolute atomic E-state index is 0.125. The molecule has 0 atom stereocenters. The summed E-state index contributed by atoms with van der Waals surface area (Å²) in [6, 6.07) is 0. The quantitative estimate of drug-likeness (QED) is 0.286. The van der Waals surface area contributed by atoms with E-state index < -0.39 is 14.6 Å². The summed E-state index contributed by atoms with van der Waals surface area (Å²) in [7, 11) is -3.79. The molecule has 0 aliphatic carbocycles. The molecule has 0 saturated carbocycles. The van der Waals surface area contributed by atoms with Crippen LogP contribution in [0.4, 0.5) is 0 Å². The van der Waals surface area contributed by atoms with Crippen molar-refractivity contribution >= 4 is 14.6 Å². The normalized spacial score (nSPS) is 8.73. The van der Waals surface area contributed by atoms with Gasteiger partial charge in [0.1, 0.15) is 0 Å². The van der Waals surface area contributed by atoms with Gasteiger partial charge in [0, 0.05) is 6.10 Å². The molecular formula is C3H12B2O6. The van der Waals surface area contributed by atoms with Crippen LogP contribution in [0.3, 0.4) is 0 Å². The molecule has 6 nitrogen and oxygen atoms in total. The Balaban J connectivity index is 0. The molecule has 5 N–H and O–H groups in total. The lowest BCUT2D eigenvalue weighted by Crippen LogP contribution is -2.21. The number of rotatable bonds is 2. The van der Waals surface area contributed by atoms with Gasteiger partial charge in [0.2, 0.25) is 0 Å². The van der Waals surface area contributed by atoms with Crippen molar-refractivity contribution in [1.82, 2.24) is 0 Å². The SMILES string of the molecule is CC(C)OB(O)O.OB(O)O. The lowest BCUT2D eigenvalue weighted by molar-refractivity contribution is 0.142. The molecule has 0 amide bonds. The Bertz CT molecular complexity index is 67.5. The van der Waals surface area contributed by atoms with E-state index in [2.05, 4.69) is 4.65 Å². The van der Waals surface area contributed by atoms with Gasteiger partial charge < -0.3 is 29.8 Å². The van der Waals surface area contributed by atoms with Crippen molar-refractivity contribution in [3.63, 3.8) is 0 Å². The molecule has 0 radical (unpaired) electrons. The molecule has 0 unspecified atom stereocenters. The summed E-state index contributed by atoms with van der Waals surface area (Å²) >= 11 is 0. The van der Waals surface area contributed by atoms with Crippen LogP contribution in [0.25, 0.3) is 0 Å². The van der Waals surface area contributed by atoms with Gasteiger partial charge in [-0.1, -0.05) is 0 Å². The van der Waals surface area contributed by atoms with Crippen LogP contribution in [0.5, 0.6) is 0 Å². The number of hydrogen-bond acceptors (Lipinski definition) is 6. The fourth-order valence-corrected chi connectivity index (χ4v) is 0.243. The molecule has 0 aromatic carbocycles. The predicted molar refractivity (Wildman–Crippen MR) is 38.8 cm³/mol. The molecule has 0 aromatic rings. The largest absolute Gasteiger partial charge is 0.634 e. The Morgan fingerprint density at radius 3 is 1.27 bits per heavy atom. The molecule has 0 aliphatic rings. The second kappa shape index (κ2) is 7.99. The first kappa shape index (κ1) is 13.5. The highest BCUT2D eigenvalue weighted by Crippen LogP contribution is 1.85. The third-order valence-corrected chi connectivity index (χ3v) is 0.394. The highest BCUT2D eigenvalue weighted by molar-refractivity contribution is 6.32. The Morgan fingerprint density at radius 2 is 1.27 bits per heavy atom. The van der Waals surface area contributed by atoms with E-state index in [9.17, 15) is 0 Å². The third kappa shape index (κ3) is 40.7. The summed E-state index contributed by atoms with van der Waals surface area (Å²) in [5.74, 6) is 0. The van der Waals surface area contributed by atoms with E-state index in [0.717, 1.165) is 0 Å². The highest BCUT2D eigenvalue weighted by atomic mass is 16.6. The summed E-state index contributed by atoms with van der Waals surface area (Å²) in [5.41, 5.74) is 0. The Morgan fingerprint density at radius 1 is 1.00 bits per heavy atom. The predicted octanol–water partition coefficient (Wildman–Crippen LogP) is -2.67. The van der Waals surface area contributed by atoms with E-state index in [-0.39, 0.29) is 6.10 Å². The van der Waals surface area contributed by atoms with Gasteiger partial charge in [-0.15, -0.1) is 0 Å². The molecule has 0 heterocycles. The second-order valence-corrected chi connectivity index (χ2v) is 1.86. The van der Waals surface area contributed by atoms with Gasteiger partial charge >= 0.3 is 14.6 Å². The first-order valence-electron chi connectivity index (χ1n) is 2.92. The zero-order valence-corrected chi connectivity index (χ0v) is 6.38. The molecule has 66 valence electrons. The fraction of sp³-hybridized carbons (Fsp3) is 1.00. The average molecular weight is 166 g/mol. The molecule has 0 rings (SSSR count). The fourth-order valence-electron chi connectivity index (χ4n) is 0.243.